The van der Waals surface area contributed by atoms with Crippen molar-refractivity contribution in [1.29, 1.82) is 0 Å². The second-order valence-corrected chi connectivity index (χ2v) is 6.35. The molecule has 5 atom stereocenters. The Kier molecular flexibility index (Phi) is 2.58. The Labute approximate surface area is 121 Å². The van der Waals surface area contributed by atoms with Crippen molar-refractivity contribution in [3.05, 3.63) is 29.3 Å². The van der Waals surface area contributed by atoms with Gasteiger partial charge in [-0.25, -0.2) is 0 Å². The summed E-state index contributed by atoms with van der Waals surface area (Å²) >= 11 is 5.82. The van der Waals surface area contributed by atoms with E-state index in [1.807, 2.05) is 0 Å². The lowest BCUT2D eigenvalue weighted by Gasteiger charge is -2.23. The third-order valence-corrected chi connectivity index (χ3v) is 5.15. The number of nitrogens with one attached hydrogen (secondary N) is 1. The highest BCUT2D eigenvalue weighted by molar-refractivity contribution is 6.30. The Balaban J connectivity index is 1.54. The molecule has 1 N–H and O–H groups in total. The number of rotatable bonds is 2. The summed E-state index contributed by atoms with van der Waals surface area (Å²) in [5.41, 5.74) is 0.713. The van der Waals surface area contributed by atoms with Gasteiger partial charge in [0.15, 0.2) is 0 Å². The second kappa shape index (κ2) is 4.22. The maximum atomic E-state index is 12.5. The SMILES string of the molecule is O=C(Nc1ccc(Cl)cc1)[C@H]1[C@H]2C[C@H]3[C@@H]1C(=O)O[C@H]3C2. The Morgan fingerprint density at radius 2 is 2.00 bits per heavy atom. The van der Waals surface area contributed by atoms with Crippen molar-refractivity contribution in [2.24, 2.45) is 23.7 Å². The molecule has 3 fully saturated rings. The monoisotopic (exact) mass is 291 g/mol. The molecule has 2 bridgehead atoms. The van der Waals surface area contributed by atoms with E-state index in [1.54, 1.807) is 24.3 Å². The Morgan fingerprint density at radius 1 is 1.25 bits per heavy atom. The number of carbonyl (C=O) groups is 2. The van der Waals surface area contributed by atoms with Gasteiger partial charge in [0.25, 0.3) is 0 Å². The fourth-order valence-electron chi connectivity index (χ4n) is 4.12. The van der Waals surface area contributed by atoms with Gasteiger partial charge in [0.1, 0.15) is 6.10 Å². The van der Waals surface area contributed by atoms with Crippen molar-refractivity contribution in [2.75, 3.05) is 5.32 Å². The van der Waals surface area contributed by atoms with E-state index in [2.05, 4.69) is 5.32 Å². The summed E-state index contributed by atoms with van der Waals surface area (Å²) in [5, 5.41) is 3.52. The van der Waals surface area contributed by atoms with E-state index in [4.69, 9.17) is 16.3 Å². The summed E-state index contributed by atoms with van der Waals surface area (Å²) in [4.78, 5) is 24.4. The molecular formula is C15H14ClNO3. The fourth-order valence-corrected chi connectivity index (χ4v) is 4.25. The van der Waals surface area contributed by atoms with Crippen molar-refractivity contribution >= 4 is 29.2 Å². The number of benzene rings is 1. The van der Waals surface area contributed by atoms with Crippen LogP contribution in [0.4, 0.5) is 5.69 Å². The van der Waals surface area contributed by atoms with Gasteiger partial charge in [-0.1, -0.05) is 11.6 Å². The third-order valence-electron chi connectivity index (χ3n) is 4.90. The van der Waals surface area contributed by atoms with E-state index in [-0.39, 0.29) is 41.7 Å². The smallest absolute Gasteiger partial charge is 0.310 e. The van der Waals surface area contributed by atoms with E-state index in [0.717, 1.165) is 12.8 Å². The Hall–Kier alpha value is -1.55. The van der Waals surface area contributed by atoms with E-state index < -0.39 is 0 Å². The van der Waals surface area contributed by atoms with E-state index in [1.165, 1.54) is 0 Å². The molecule has 1 aliphatic heterocycles. The van der Waals surface area contributed by atoms with Crippen LogP contribution in [0.3, 0.4) is 0 Å². The number of carbonyl (C=O) groups excluding carboxylic acids is 2. The van der Waals surface area contributed by atoms with Gasteiger partial charge in [0, 0.05) is 16.6 Å². The molecule has 0 unspecified atom stereocenters. The number of hydrogen-bond acceptors (Lipinski definition) is 3. The minimum Gasteiger partial charge on any atom is -0.462 e. The summed E-state index contributed by atoms with van der Waals surface area (Å²) in [5.74, 6) is -0.173. The summed E-state index contributed by atoms with van der Waals surface area (Å²) in [6, 6.07) is 7.00. The highest BCUT2D eigenvalue weighted by atomic mass is 35.5. The molecule has 1 aromatic carbocycles. The molecule has 0 spiro atoms. The van der Waals surface area contributed by atoms with Gasteiger partial charge >= 0.3 is 5.97 Å². The molecular weight excluding hydrogens is 278 g/mol. The van der Waals surface area contributed by atoms with E-state index in [0.29, 0.717) is 10.7 Å². The fraction of sp³-hybridized carbons (Fsp3) is 0.467. The normalized spacial score (nSPS) is 37.0. The van der Waals surface area contributed by atoms with Crippen LogP contribution in [-0.4, -0.2) is 18.0 Å². The molecule has 1 amide bonds. The van der Waals surface area contributed by atoms with E-state index in [9.17, 15) is 9.59 Å². The molecule has 3 aliphatic rings. The minimum absolute atomic E-state index is 0.0667. The van der Waals surface area contributed by atoms with E-state index >= 15 is 0 Å². The van der Waals surface area contributed by atoms with Crippen molar-refractivity contribution in [3.63, 3.8) is 0 Å². The number of ether oxygens (including phenoxy) is 1. The highest BCUT2D eigenvalue weighted by Gasteiger charge is 2.63. The van der Waals surface area contributed by atoms with Gasteiger partial charge < -0.3 is 10.1 Å². The topological polar surface area (TPSA) is 55.4 Å². The third kappa shape index (κ3) is 1.67. The predicted octanol–water partition coefficient (Wildman–Crippen LogP) is 2.48. The molecule has 20 heavy (non-hydrogen) atoms. The van der Waals surface area contributed by atoms with Gasteiger partial charge in [-0.05, 0) is 43.0 Å². The molecule has 1 heterocycles. The number of halogens is 1. The van der Waals surface area contributed by atoms with Crippen molar-refractivity contribution in [1.82, 2.24) is 0 Å². The average Bonchev–Trinajstić information content (AvgIpc) is 3.02. The largest absolute Gasteiger partial charge is 0.462 e. The standard InChI is InChI=1S/C15H14ClNO3/c16-8-1-3-9(4-2-8)17-14(18)12-7-5-10-11(6-7)20-15(19)13(10)12/h1-4,7,10-13H,5-6H2,(H,17,18)/t7-,10+,11-,12-,13-/m0/s1. The molecule has 0 aromatic heterocycles. The first kappa shape index (κ1) is 12.2. The number of hydrogen-bond donors (Lipinski definition) is 1. The van der Waals surface area contributed by atoms with Crippen molar-refractivity contribution < 1.29 is 14.3 Å². The first-order valence-electron chi connectivity index (χ1n) is 6.90. The minimum atomic E-state index is -0.234. The highest BCUT2D eigenvalue weighted by Crippen LogP contribution is 2.57. The van der Waals surface area contributed by atoms with Crippen LogP contribution in [0.5, 0.6) is 0 Å². The zero-order chi connectivity index (χ0) is 13.9. The molecule has 2 aliphatic carbocycles. The van der Waals surface area contributed by atoms with Crippen LogP contribution in [0.1, 0.15) is 12.8 Å². The zero-order valence-corrected chi connectivity index (χ0v) is 11.5. The summed E-state index contributed by atoms with van der Waals surface area (Å²) < 4.78 is 5.35. The molecule has 104 valence electrons. The van der Waals surface area contributed by atoms with Gasteiger partial charge in [-0.15, -0.1) is 0 Å². The van der Waals surface area contributed by atoms with Crippen molar-refractivity contribution in [3.8, 4) is 0 Å². The van der Waals surface area contributed by atoms with Crippen LogP contribution in [0, 0.1) is 23.7 Å². The summed E-state index contributed by atoms with van der Waals surface area (Å²) in [7, 11) is 0. The van der Waals surface area contributed by atoms with Gasteiger partial charge in [0.05, 0.1) is 11.8 Å². The maximum Gasteiger partial charge on any atom is 0.310 e. The first-order valence-corrected chi connectivity index (χ1v) is 7.28. The second-order valence-electron chi connectivity index (χ2n) is 5.92. The van der Waals surface area contributed by atoms with Gasteiger partial charge in [-0.2, -0.15) is 0 Å². The van der Waals surface area contributed by atoms with Crippen LogP contribution < -0.4 is 5.32 Å². The number of esters is 1. The Bertz CT molecular complexity index is 583. The quantitative estimate of drug-likeness (QED) is 0.852. The lowest BCUT2D eigenvalue weighted by Crippen LogP contribution is -2.35. The molecule has 4 nitrogen and oxygen atoms in total. The van der Waals surface area contributed by atoms with Crippen LogP contribution in [0.25, 0.3) is 0 Å². The van der Waals surface area contributed by atoms with Crippen LogP contribution in [0.2, 0.25) is 5.02 Å². The van der Waals surface area contributed by atoms with Gasteiger partial charge in [-0.3, -0.25) is 9.59 Å². The van der Waals surface area contributed by atoms with Crippen LogP contribution >= 0.6 is 11.6 Å². The molecule has 5 heteroatoms. The van der Waals surface area contributed by atoms with Crippen LogP contribution in [0.15, 0.2) is 24.3 Å². The Morgan fingerprint density at radius 3 is 2.75 bits per heavy atom. The summed E-state index contributed by atoms with van der Waals surface area (Å²) in [6.07, 6.45) is 1.85. The molecule has 1 saturated heterocycles. The lowest BCUT2D eigenvalue weighted by molar-refractivity contribution is -0.145. The molecule has 0 radical (unpaired) electrons. The number of fused-ring (bicyclic) bond motifs is 1. The van der Waals surface area contributed by atoms with Crippen LogP contribution in [-0.2, 0) is 14.3 Å². The lowest BCUT2D eigenvalue weighted by atomic mass is 9.79. The molecule has 1 aromatic rings. The number of anilines is 1. The maximum absolute atomic E-state index is 12.5. The first-order chi connectivity index (χ1) is 9.63. The molecule has 4 rings (SSSR count). The average molecular weight is 292 g/mol. The zero-order valence-electron chi connectivity index (χ0n) is 10.7. The summed E-state index contributed by atoms with van der Waals surface area (Å²) in [6.45, 7) is 0. The predicted molar refractivity (Wildman–Crippen MR) is 73.2 cm³/mol. The molecule has 2 saturated carbocycles. The van der Waals surface area contributed by atoms with Crippen molar-refractivity contribution in [2.45, 2.75) is 18.9 Å². The van der Waals surface area contributed by atoms with Gasteiger partial charge in [0.2, 0.25) is 5.91 Å². The number of amides is 1.